The normalized spacial score (nSPS) is 24.8. The minimum absolute atomic E-state index is 0.0443. The Morgan fingerprint density at radius 3 is 2.94 bits per heavy atom. The zero-order valence-electron chi connectivity index (χ0n) is 10.7. The Morgan fingerprint density at radius 1 is 1.56 bits per heavy atom. The number of rotatable bonds is 3. The lowest BCUT2D eigenvalue weighted by atomic mass is 10.00. The molecule has 1 aliphatic heterocycles. The zero-order valence-corrected chi connectivity index (χ0v) is 12.3. The molecule has 1 saturated heterocycles. The van der Waals surface area contributed by atoms with Crippen LogP contribution in [-0.4, -0.2) is 18.5 Å². The number of carbonyl (C=O) groups is 1. The van der Waals surface area contributed by atoms with E-state index in [0.29, 0.717) is 0 Å². The van der Waals surface area contributed by atoms with E-state index in [9.17, 15) is 4.79 Å². The maximum atomic E-state index is 12.2. The number of amides is 1. The Hall–Kier alpha value is -0.870. The smallest absolute Gasteiger partial charge is 0.225 e. The molecular weight excluding hydrogens is 292 g/mol. The van der Waals surface area contributed by atoms with Crippen LogP contribution in [0.3, 0.4) is 0 Å². The van der Waals surface area contributed by atoms with Crippen LogP contribution in [0.25, 0.3) is 0 Å². The van der Waals surface area contributed by atoms with Gasteiger partial charge in [0.2, 0.25) is 5.91 Å². The number of hydrogen-bond acceptors (Lipinski definition) is 2. The van der Waals surface area contributed by atoms with E-state index < -0.39 is 0 Å². The van der Waals surface area contributed by atoms with Gasteiger partial charge in [-0.3, -0.25) is 4.79 Å². The first-order valence-corrected chi connectivity index (χ1v) is 7.16. The van der Waals surface area contributed by atoms with Gasteiger partial charge in [-0.05, 0) is 44.5 Å². The molecule has 1 amide bonds. The molecule has 0 aliphatic carbocycles. The molecule has 2 N–H and O–H groups in total. The van der Waals surface area contributed by atoms with E-state index in [1.54, 1.807) is 0 Å². The molecule has 18 heavy (non-hydrogen) atoms. The first-order chi connectivity index (χ1) is 8.58. The monoisotopic (exact) mass is 310 g/mol. The van der Waals surface area contributed by atoms with Gasteiger partial charge in [0.1, 0.15) is 0 Å². The zero-order chi connectivity index (χ0) is 13.1. The van der Waals surface area contributed by atoms with Crippen LogP contribution >= 0.6 is 15.9 Å². The standard InChI is InChI=1S/C14H19BrN2O/c1-9(11-4-3-5-12(15)8-11)17-14(18)13-6-7-16-10(13)2/h3-5,8-10,13,16H,6-7H2,1-2H3,(H,17,18)/t9-,10?,13?/m1/s1. The number of hydrogen-bond donors (Lipinski definition) is 2. The Labute approximate surface area is 116 Å². The summed E-state index contributed by atoms with van der Waals surface area (Å²) in [5.41, 5.74) is 1.12. The Bertz CT molecular complexity index is 436. The molecule has 98 valence electrons. The van der Waals surface area contributed by atoms with Crippen LogP contribution in [0.15, 0.2) is 28.7 Å². The predicted octanol–water partition coefficient (Wildman–Crippen LogP) is 2.62. The molecule has 4 heteroatoms. The van der Waals surface area contributed by atoms with Crippen molar-refractivity contribution in [2.45, 2.75) is 32.4 Å². The Balaban J connectivity index is 1.98. The molecule has 0 spiro atoms. The molecule has 0 saturated carbocycles. The molecule has 1 fully saturated rings. The molecule has 1 aromatic rings. The highest BCUT2D eigenvalue weighted by molar-refractivity contribution is 9.10. The third-order valence-corrected chi connectivity index (χ3v) is 4.06. The van der Waals surface area contributed by atoms with Crippen molar-refractivity contribution in [3.05, 3.63) is 34.3 Å². The van der Waals surface area contributed by atoms with Crippen LogP contribution in [-0.2, 0) is 4.79 Å². The van der Waals surface area contributed by atoms with Crippen molar-refractivity contribution >= 4 is 21.8 Å². The lowest BCUT2D eigenvalue weighted by molar-refractivity contribution is -0.125. The van der Waals surface area contributed by atoms with Crippen molar-refractivity contribution in [2.24, 2.45) is 5.92 Å². The number of benzene rings is 1. The van der Waals surface area contributed by atoms with E-state index in [1.165, 1.54) is 0 Å². The van der Waals surface area contributed by atoms with Gasteiger partial charge in [-0.1, -0.05) is 28.1 Å². The fourth-order valence-electron chi connectivity index (χ4n) is 2.40. The molecule has 0 radical (unpaired) electrons. The summed E-state index contributed by atoms with van der Waals surface area (Å²) in [5, 5.41) is 6.40. The van der Waals surface area contributed by atoms with E-state index in [-0.39, 0.29) is 23.9 Å². The highest BCUT2D eigenvalue weighted by atomic mass is 79.9. The van der Waals surface area contributed by atoms with Crippen molar-refractivity contribution in [1.29, 1.82) is 0 Å². The average Bonchev–Trinajstić information content (AvgIpc) is 2.75. The fraction of sp³-hybridized carbons (Fsp3) is 0.500. The van der Waals surface area contributed by atoms with Crippen LogP contribution in [0.5, 0.6) is 0 Å². The molecule has 1 aliphatic rings. The first kappa shape index (κ1) is 13.6. The van der Waals surface area contributed by atoms with Crippen molar-refractivity contribution in [2.75, 3.05) is 6.54 Å². The molecule has 0 bridgehead atoms. The lowest BCUT2D eigenvalue weighted by Crippen LogP contribution is -2.37. The van der Waals surface area contributed by atoms with Crippen LogP contribution in [0, 0.1) is 5.92 Å². The maximum absolute atomic E-state index is 12.2. The second-order valence-corrected chi connectivity index (χ2v) is 5.84. The quantitative estimate of drug-likeness (QED) is 0.901. The number of nitrogens with one attached hydrogen (secondary N) is 2. The highest BCUT2D eigenvalue weighted by Crippen LogP contribution is 2.20. The molecule has 0 aromatic heterocycles. The van der Waals surface area contributed by atoms with Crippen molar-refractivity contribution < 1.29 is 4.79 Å². The summed E-state index contributed by atoms with van der Waals surface area (Å²) in [6.45, 7) is 5.03. The van der Waals surface area contributed by atoms with Gasteiger partial charge < -0.3 is 10.6 Å². The molecule has 1 aromatic carbocycles. The third-order valence-electron chi connectivity index (χ3n) is 3.57. The molecule has 2 rings (SSSR count). The van der Waals surface area contributed by atoms with Crippen molar-refractivity contribution in [3.8, 4) is 0 Å². The topological polar surface area (TPSA) is 41.1 Å². The number of carbonyl (C=O) groups excluding carboxylic acids is 1. The molecule has 3 atom stereocenters. The summed E-state index contributed by atoms with van der Waals surface area (Å²) in [5.74, 6) is 0.250. The van der Waals surface area contributed by atoms with Gasteiger partial charge in [0.15, 0.2) is 0 Å². The van der Waals surface area contributed by atoms with Crippen LogP contribution < -0.4 is 10.6 Å². The average molecular weight is 311 g/mol. The van der Waals surface area contributed by atoms with Gasteiger partial charge in [0.05, 0.1) is 12.0 Å². The van der Waals surface area contributed by atoms with E-state index in [4.69, 9.17) is 0 Å². The maximum Gasteiger partial charge on any atom is 0.225 e. The first-order valence-electron chi connectivity index (χ1n) is 6.37. The minimum Gasteiger partial charge on any atom is -0.349 e. The summed E-state index contributed by atoms with van der Waals surface area (Å²) in [6, 6.07) is 8.37. The van der Waals surface area contributed by atoms with Crippen LogP contribution in [0.2, 0.25) is 0 Å². The Morgan fingerprint density at radius 2 is 2.33 bits per heavy atom. The fourth-order valence-corrected chi connectivity index (χ4v) is 2.81. The minimum atomic E-state index is 0.0443. The van der Waals surface area contributed by atoms with E-state index in [2.05, 4.69) is 33.5 Å². The summed E-state index contributed by atoms with van der Waals surface area (Å²) >= 11 is 3.45. The van der Waals surface area contributed by atoms with Gasteiger partial charge in [0.25, 0.3) is 0 Å². The van der Waals surface area contributed by atoms with E-state index >= 15 is 0 Å². The van der Waals surface area contributed by atoms with Crippen LogP contribution in [0.1, 0.15) is 31.9 Å². The van der Waals surface area contributed by atoms with E-state index in [0.717, 1.165) is 23.0 Å². The van der Waals surface area contributed by atoms with Gasteiger partial charge in [0, 0.05) is 10.5 Å². The Kier molecular flexibility index (Phi) is 4.40. The molecule has 2 unspecified atom stereocenters. The van der Waals surface area contributed by atoms with Crippen molar-refractivity contribution in [1.82, 2.24) is 10.6 Å². The predicted molar refractivity (Wildman–Crippen MR) is 76.3 cm³/mol. The largest absolute Gasteiger partial charge is 0.349 e. The summed E-state index contributed by atoms with van der Waals surface area (Å²) in [6.07, 6.45) is 0.929. The summed E-state index contributed by atoms with van der Waals surface area (Å²) in [4.78, 5) is 12.2. The third kappa shape index (κ3) is 3.12. The van der Waals surface area contributed by atoms with Gasteiger partial charge >= 0.3 is 0 Å². The van der Waals surface area contributed by atoms with E-state index in [1.807, 2.05) is 31.2 Å². The second kappa shape index (κ2) is 5.85. The summed E-state index contributed by atoms with van der Waals surface area (Å²) < 4.78 is 1.04. The van der Waals surface area contributed by atoms with Crippen LogP contribution in [0.4, 0.5) is 0 Å². The van der Waals surface area contributed by atoms with Crippen molar-refractivity contribution in [3.63, 3.8) is 0 Å². The summed E-state index contributed by atoms with van der Waals surface area (Å²) in [7, 11) is 0. The lowest BCUT2D eigenvalue weighted by Gasteiger charge is -2.19. The van der Waals surface area contributed by atoms with Gasteiger partial charge in [-0.15, -0.1) is 0 Å². The highest BCUT2D eigenvalue weighted by Gasteiger charge is 2.29. The van der Waals surface area contributed by atoms with Gasteiger partial charge in [-0.2, -0.15) is 0 Å². The van der Waals surface area contributed by atoms with Gasteiger partial charge in [-0.25, -0.2) is 0 Å². The number of halogens is 1. The SMILES string of the molecule is CC1NCCC1C(=O)N[C@H](C)c1cccc(Br)c1. The molecule has 1 heterocycles. The molecule has 3 nitrogen and oxygen atoms in total. The second-order valence-electron chi connectivity index (χ2n) is 4.92. The molecular formula is C14H19BrN2O.